The van der Waals surface area contributed by atoms with Gasteiger partial charge in [-0.15, -0.1) is 0 Å². The number of benzene rings is 1. The molecule has 0 aromatic heterocycles. The van der Waals surface area contributed by atoms with Crippen molar-refractivity contribution in [2.75, 3.05) is 16.9 Å². The monoisotopic (exact) mass is 334 g/mol. The molecule has 1 aromatic rings. The number of aliphatic imine (C=N–C) groups is 1. The first-order valence-corrected chi connectivity index (χ1v) is 9.78. The summed E-state index contributed by atoms with van der Waals surface area (Å²) in [5.74, 6) is 0.867. The zero-order valence-corrected chi connectivity index (χ0v) is 14.2. The normalized spacial score (nSPS) is 21.0. The maximum atomic E-state index is 11.3. The quantitative estimate of drug-likeness (QED) is 0.852. The molecule has 2 aliphatic heterocycles. The Bertz CT molecular complexity index is 770. The summed E-state index contributed by atoms with van der Waals surface area (Å²) < 4.78 is 22.7. The van der Waals surface area contributed by atoms with Crippen LogP contribution in [0.1, 0.15) is 31.4 Å². The van der Waals surface area contributed by atoms with E-state index >= 15 is 0 Å². The molecule has 3 rings (SSSR count). The van der Waals surface area contributed by atoms with E-state index in [9.17, 15) is 8.42 Å². The molecule has 0 bridgehead atoms. The molecule has 0 fully saturated rings. The Balaban J connectivity index is 1.87. The SMILES string of the molecule is CC(CCCS(C)(=O)=O)N1C(N)=C2NC=NC2c2ccccc21. The number of nitrogens with two attached hydrogens (primary N) is 1. The zero-order chi connectivity index (χ0) is 16.6. The van der Waals surface area contributed by atoms with E-state index in [0.717, 1.165) is 23.4 Å². The number of sulfone groups is 1. The van der Waals surface area contributed by atoms with Gasteiger partial charge in [0, 0.05) is 29.3 Å². The van der Waals surface area contributed by atoms with Gasteiger partial charge in [0.15, 0.2) is 0 Å². The van der Waals surface area contributed by atoms with Crippen LogP contribution in [0.3, 0.4) is 0 Å². The van der Waals surface area contributed by atoms with Gasteiger partial charge in [0.05, 0.1) is 12.0 Å². The second-order valence-corrected chi connectivity index (χ2v) is 8.43. The Morgan fingerprint density at radius 3 is 2.87 bits per heavy atom. The minimum absolute atomic E-state index is 0.0642. The predicted octanol–water partition coefficient (Wildman–Crippen LogP) is 1.52. The highest BCUT2D eigenvalue weighted by atomic mass is 32.2. The third kappa shape index (κ3) is 3.06. The lowest BCUT2D eigenvalue weighted by atomic mass is 9.96. The highest BCUT2D eigenvalue weighted by molar-refractivity contribution is 7.90. The standard InChI is InChI=1S/C16H22N4O2S/c1-11(6-5-9-23(2,21)22)20-13-8-4-3-7-12(13)14-15(16(20)17)19-10-18-14/h3-4,7-8,10-11,14H,5-6,9,17H2,1-2H3,(H,18,19). The van der Waals surface area contributed by atoms with E-state index in [-0.39, 0.29) is 17.8 Å². The summed E-state index contributed by atoms with van der Waals surface area (Å²) in [7, 11) is -2.93. The van der Waals surface area contributed by atoms with Crippen LogP contribution in [0, 0.1) is 0 Å². The van der Waals surface area contributed by atoms with Crippen LogP contribution in [-0.2, 0) is 9.84 Å². The number of anilines is 1. The summed E-state index contributed by atoms with van der Waals surface area (Å²) in [6.45, 7) is 2.07. The molecule has 1 aromatic carbocycles. The van der Waals surface area contributed by atoms with Crippen molar-refractivity contribution in [3.8, 4) is 0 Å². The van der Waals surface area contributed by atoms with Gasteiger partial charge < -0.3 is 16.0 Å². The molecule has 2 heterocycles. The minimum atomic E-state index is -2.93. The van der Waals surface area contributed by atoms with Crippen LogP contribution in [0.15, 0.2) is 40.8 Å². The van der Waals surface area contributed by atoms with Crippen LogP contribution in [-0.4, -0.2) is 32.8 Å². The lowest BCUT2D eigenvalue weighted by Crippen LogP contribution is -2.42. The first-order valence-electron chi connectivity index (χ1n) is 7.72. The predicted molar refractivity (Wildman–Crippen MR) is 92.9 cm³/mol. The molecule has 0 saturated heterocycles. The fraction of sp³-hybridized carbons (Fsp3) is 0.438. The Kier molecular flexibility index (Phi) is 4.06. The molecule has 0 saturated carbocycles. The summed E-state index contributed by atoms with van der Waals surface area (Å²) in [5, 5.41) is 3.14. The summed E-state index contributed by atoms with van der Waals surface area (Å²) in [6.07, 6.45) is 4.32. The number of hydrogen-bond donors (Lipinski definition) is 2. The lowest BCUT2D eigenvalue weighted by Gasteiger charge is -2.38. The van der Waals surface area contributed by atoms with E-state index < -0.39 is 9.84 Å². The number of nitrogens with zero attached hydrogens (tertiary/aromatic N) is 2. The van der Waals surface area contributed by atoms with E-state index in [1.807, 2.05) is 18.2 Å². The summed E-state index contributed by atoms with van der Waals surface area (Å²) in [5.41, 5.74) is 9.45. The van der Waals surface area contributed by atoms with Gasteiger partial charge in [0.1, 0.15) is 21.7 Å². The highest BCUT2D eigenvalue weighted by Crippen LogP contribution is 2.42. The molecule has 7 heteroatoms. The van der Waals surface area contributed by atoms with Gasteiger partial charge in [-0.25, -0.2) is 8.42 Å². The van der Waals surface area contributed by atoms with Crippen molar-refractivity contribution >= 4 is 21.9 Å². The fourth-order valence-electron chi connectivity index (χ4n) is 3.23. The van der Waals surface area contributed by atoms with E-state index in [2.05, 4.69) is 28.2 Å². The second kappa shape index (κ2) is 5.88. The average Bonchev–Trinajstić information content (AvgIpc) is 2.96. The molecule has 3 N–H and O–H groups in total. The number of fused-ring (bicyclic) bond motifs is 3. The summed E-state index contributed by atoms with van der Waals surface area (Å²) >= 11 is 0. The second-order valence-electron chi connectivity index (χ2n) is 6.17. The van der Waals surface area contributed by atoms with Gasteiger partial charge in [-0.2, -0.15) is 0 Å². The topological polar surface area (TPSA) is 87.8 Å². The molecular weight excluding hydrogens is 312 g/mol. The zero-order valence-electron chi connectivity index (χ0n) is 13.4. The van der Waals surface area contributed by atoms with Crippen molar-refractivity contribution in [2.24, 2.45) is 10.7 Å². The Morgan fingerprint density at radius 2 is 2.13 bits per heavy atom. The Labute approximate surface area is 137 Å². The van der Waals surface area contributed by atoms with Gasteiger partial charge in [-0.05, 0) is 25.8 Å². The Morgan fingerprint density at radius 1 is 1.39 bits per heavy atom. The number of nitrogens with one attached hydrogen (secondary N) is 1. The van der Waals surface area contributed by atoms with Crippen molar-refractivity contribution in [3.63, 3.8) is 0 Å². The highest BCUT2D eigenvalue weighted by Gasteiger charge is 2.34. The van der Waals surface area contributed by atoms with E-state index in [1.165, 1.54) is 6.26 Å². The van der Waals surface area contributed by atoms with E-state index in [1.54, 1.807) is 6.34 Å². The van der Waals surface area contributed by atoms with Gasteiger partial charge in [0.25, 0.3) is 0 Å². The van der Waals surface area contributed by atoms with Gasteiger partial charge >= 0.3 is 0 Å². The molecule has 0 spiro atoms. The van der Waals surface area contributed by atoms with Crippen LogP contribution in [0.2, 0.25) is 0 Å². The van der Waals surface area contributed by atoms with Crippen molar-refractivity contribution < 1.29 is 8.42 Å². The fourth-order valence-corrected chi connectivity index (χ4v) is 3.92. The number of rotatable bonds is 5. The van der Waals surface area contributed by atoms with Crippen LogP contribution in [0.4, 0.5) is 5.69 Å². The van der Waals surface area contributed by atoms with Crippen molar-refractivity contribution in [1.29, 1.82) is 0 Å². The van der Waals surface area contributed by atoms with Crippen LogP contribution in [0.5, 0.6) is 0 Å². The number of hydrogen-bond acceptors (Lipinski definition) is 6. The molecule has 0 amide bonds. The largest absolute Gasteiger partial charge is 0.384 e. The third-order valence-corrected chi connectivity index (χ3v) is 5.35. The smallest absolute Gasteiger partial charge is 0.147 e. The molecule has 6 nitrogen and oxygen atoms in total. The van der Waals surface area contributed by atoms with Gasteiger partial charge in [-0.3, -0.25) is 4.99 Å². The first-order chi connectivity index (χ1) is 10.9. The van der Waals surface area contributed by atoms with Crippen LogP contribution in [0.25, 0.3) is 0 Å². The summed E-state index contributed by atoms with van der Waals surface area (Å²) in [4.78, 5) is 6.55. The van der Waals surface area contributed by atoms with E-state index in [4.69, 9.17) is 5.73 Å². The third-order valence-electron chi connectivity index (χ3n) is 4.32. The minimum Gasteiger partial charge on any atom is -0.384 e. The molecule has 2 unspecified atom stereocenters. The van der Waals surface area contributed by atoms with Crippen molar-refractivity contribution in [3.05, 3.63) is 41.3 Å². The van der Waals surface area contributed by atoms with Gasteiger partial charge in [-0.1, -0.05) is 18.2 Å². The lowest BCUT2D eigenvalue weighted by molar-refractivity contribution is 0.576. The molecule has 2 aliphatic rings. The molecular formula is C16H22N4O2S. The summed E-state index contributed by atoms with van der Waals surface area (Å²) in [6, 6.07) is 8.13. The Hall–Kier alpha value is -2.02. The molecule has 124 valence electrons. The molecule has 0 radical (unpaired) electrons. The molecule has 23 heavy (non-hydrogen) atoms. The first kappa shape index (κ1) is 15.9. The van der Waals surface area contributed by atoms with Gasteiger partial charge in [0.2, 0.25) is 0 Å². The van der Waals surface area contributed by atoms with Crippen molar-refractivity contribution in [1.82, 2.24) is 5.32 Å². The van der Waals surface area contributed by atoms with Crippen LogP contribution >= 0.6 is 0 Å². The van der Waals surface area contributed by atoms with Crippen LogP contribution < -0.4 is 16.0 Å². The maximum absolute atomic E-state index is 11.3. The number of para-hydroxylation sites is 1. The van der Waals surface area contributed by atoms with E-state index in [0.29, 0.717) is 12.2 Å². The molecule has 0 aliphatic carbocycles. The molecule has 2 atom stereocenters. The van der Waals surface area contributed by atoms with Crippen molar-refractivity contribution in [2.45, 2.75) is 31.8 Å². The average molecular weight is 334 g/mol. The maximum Gasteiger partial charge on any atom is 0.147 e.